The lowest BCUT2D eigenvalue weighted by Crippen LogP contribution is -2.41. The third-order valence-electron chi connectivity index (χ3n) is 5.53. The van der Waals surface area contributed by atoms with Gasteiger partial charge in [0.25, 0.3) is 0 Å². The van der Waals surface area contributed by atoms with Gasteiger partial charge in [-0.05, 0) is 73.2 Å². The topological polar surface area (TPSA) is 87.5 Å². The molecule has 0 bridgehead atoms. The predicted molar refractivity (Wildman–Crippen MR) is 119 cm³/mol. The Morgan fingerprint density at radius 2 is 1.81 bits per heavy atom. The van der Waals surface area contributed by atoms with Crippen molar-refractivity contribution in [3.8, 4) is 11.8 Å². The summed E-state index contributed by atoms with van der Waals surface area (Å²) in [5.41, 5.74) is 2.10. The normalized spacial score (nSPS) is 15.6. The number of hydrogen-bond acceptors (Lipinski definition) is 5. The molecule has 1 aliphatic heterocycles. The second-order valence-electron chi connectivity index (χ2n) is 8.03. The maximum Gasteiger partial charge on any atom is 0.314 e. The van der Waals surface area contributed by atoms with Gasteiger partial charge in [0.2, 0.25) is 10.0 Å². The van der Waals surface area contributed by atoms with Gasteiger partial charge in [-0.15, -0.1) is 0 Å². The Labute approximate surface area is 188 Å². The van der Waals surface area contributed by atoms with E-state index in [0.29, 0.717) is 29.2 Å². The summed E-state index contributed by atoms with van der Waals surface area (Å²) in [6, 6.07) is 11.4. The van der Waals surface area contributed by atoms with Crippen LogP contribution >= 0.6 is 11.6 Å². The van der Waals surface area contributed by atoms with E-state index in [0.717, 1.165) is 11.1 Å². The minimum atomic E-state index is -3.67. The molecule has 8 heteroatoms. The smallest absolute Gasteiger partial charge is 0.314 e. The van der Waals surface area contributed by atoms with Crippen molar-refractivity contribution >= 4 is 27.6 Å². The maximum atomic E-state index is 12.9. The van der Waals surface area contributed by atoms with Crippen LogP contribution < -0.4 is 4.74 Å². The van der Waals surface area contributed by atoms with E-state index in [1.54, 1.807) is 6.07 Å². The van der Waals surface area contributed by atoms with Gasteiger partial charge in [-0.3, -0.25) is 4.79 Å². The van der Waals surface area contributed by atoms with Gasteiger partial charge in [-0.1, -0.05) is 25.4 Å². The zero-order valence-electron chi connectivity index (χ0n) is 17.8. The number of ether oxygens (including phenoxy) is 1. The van der Waals surface area contributed by atoms with E-state index in [1.165, 1.54) is 28.6 Å². The molecule has 164 valence electrons. The van der Waals surface area contributed by atoms with E-state index < -0.39 is 10.0 Å². The van der Waals surface area contributed by atoms with Crippen LogP contribution in [-0.2, 0) is 14.8 Å². The fraction of sp³-hybridized carbons (Fsp3) is 0.391. The molecule has 0 aliphatic carbocycles. The molecule has 0 spiro atoms. The molecule has 1 aliphatic rings. The Balaban J connectivity index is 1.68. The number of halogens is 1. The number of rotatable bonds is 5. The van der Waals surface area contributed by atoms with Crippen molar-refractivity contribution in [2.75, 3.05) is 13.1 Å². The lowest BCUT2D eigenvalue weighted by atomic mass is 9.97. The zero-order valence-corrected chi connectivity index (χ0v) is 19.3. The molecular formula is C23H25ClN2O4S. The van der Waals surface area contributed by atoms with Gasteiger partial charge >= 0.3 is 5.97 Å². The molecule has 6 nitrogen and oxygen atoms in total. The van der Waals surface area contributed by atoms with Crippen molar-refractivity contribution in [2.24, 2.45) is 5.92 Å². The highest BCUT2D eigenvalue weighted by Crippen LogP contribution is 2.33. The summed E-state index contributed by atoms with van der Waals surface area (Å²) in [5.74, 6) is -0.0719. The number of nitrogens with zero attached hydrogens (tertiary/aromatic N) is 2. The van der Waals surface area contributed by atoms with Crippen LogP contribution in [0.15, 0.2) is 41.3 Å². The van der Waals surface area contributed by atoms with Crippen LogP contribution in [0.2, 0.25) is 5.02 Å². The van der Waals surface area contributed by atoms with Gasteiger partial charge in [-0.2, -0.15) is 9.57 Å². The molecule has 1 saturated heterocycles. The quantitative estimate of drug-likeness (QED) is 0.478. The average molecular weight is 461 g/mol. The number of benzene rings is 2. The fourth-order valence-electron chi connectivity index (χ4n) is 3.58. The summed E-state index contributed by atoms with van der Waals surface area (Å²) in [6.45, 7) is 6.34. The van der Waals surface area contributed by atoms with E-state index in [4.69, 9.17) is 21.6 Å². The van der Waals surface area contributed by atoms with Gasteiger partial charge in [0.15, 0.2) is 0 Å². The second kappa shape index (κ2) is 9.39. The van der Waals surface area contributed by atoms with E-state index in [2.05, 4.69) is 0 Å². The van der Waals surface area contributed by atoms with Crippen LogP contribution in [0, 0.1) is 24.2 Å². The minimum absolute atomic E-state index is 0.139. The molecule has 0 N–H and O–H groups in total. The summed E-state index contributed by atoms with van der Waals surface area (Å²) >= 11 is 6.22. The molecule has 0 radical (unpaired) electrons. The van der Waals surface area contributed by atoms with Gasteiger partial charge in [-0.25, -0.2) is 8.42 Å². The number of hydrogen-bond donors (Lipinski definition) is 0. The predicted octanol–water partition coefficient (Wildman–Crippen LogP) is 4.65. The number of nitriles is 1. The molecule has 31 heavy (non-hydrogen) atoms. The number of piperidine rings is 1. The highest BCUT2D eigenvalue weighted by Gasteiger charge is 2.33. The van der Waals surface area contributed by atoms with E-state index in [9.17, 15) is 13.2 Å². The van der Waals surface area contributed by atoms with E-state index >= 15 is 0 Å². The summed E-state index contributed by atoms with van der Waals surface area (Å²) in [5, 5.41) is 9.51. The molecule has 0 aromatic heterocycles. The van der Waals surface area contributed by atoms with Gasteiger partial charge in [0.1, 0.15) is 5.75 Å². The Morgan fingerprint density at radius 3 is 2.35 bits per heavy atom. The summed E-state index contributed by atoms with van der Waals surface area (Å²) in [7, 11) is -3.67. The summed E-state index contributed by atoms with van der Waals surface area (Å²) in [6.07, 6.45) is 0.774. The maximum absolute atomic E-state index is 12.9. The lowest BCUT2D eigenvalue weighted by molar-refractivity contribution is -0.140. The highest BCUT2D eigenvalue weighted by atomic mass is 35.5. The number of aryl methyl sites for hydroxylation is 1. The van der Waals surface area contributed by atoms with Crippen LogP contribution in [0.5, 0.6) is 5.75 Å². The van der Waals surface area contributed by atoms with Gasteiger partial charge in [0, 0.05) is 18.1 Å². The van der Waals surface area contributed by atoms with Crippen LogP contribution in [0.25, 0.3) is 0 Å². The first-order chi connectivity index (χ1) is 14.6. The van der Waals surface area contributed by atoms with Crippen molar-refractivity contribution < 1.29 is 17.9 Å². The molecule has 2 aromatic rings. The molecular weight excluding hydrogens is 436 g/mol. The Bertz CT molecular complexity index is 1110. The third-order valence-corrected chi connectivity index (χ3v) is 7.85. The molecule has 0 unspecified atom stereocenters. The Hall–Kier alpha value is -2.40. The van der Waals surface area contributed by atoms with Gasteiger partial charge < -0.3 is 4.74 Å². The number of sulfonamides is 1. The summed E-state index contributed by atoms with van der Waals surface area (Å²) in [4.78, 5) is 12.9. The van der Waals surface area contributed by atoms with Crippen molar-refractivity contribution in [1.29, 1.82) is 5.26 Å². The van der Waals surface area contributed by atoms with Crippen molar-refractivity contribution in [3.63, 3.8) is 0 Å². The molecule has 0 amide bonds. The monoisotopic (exact) mass is 460 g/mol. The minimum Gasteiger partial charge on any atom is -0.426 e. The lowest BCUT2D eigenvalue weighted by Gasteiger charge is -2.30. The molecule has 0 atom stereocenters. The molecule has 1 heterocycles. The van der Waals surface area contributed by atoms with E-state index in [-0.39, 0.29) is 35.8 Å². The van der Waals surface area contributed by atoms with Crippen molar-refractivity contribution in [1.82, 2.24) is 4.31 Å². The first kappa shape index (κ1) is 23.3. The first-order valence-electron chi connectivity index (χ1n) is 10.2. The molecule has 0 saturated carbocycles. The van der Waals surface area contributed by atoms with Crippen LogP contribution in [-0.4, -0.2) is 31.8 Å². The van der Waals surface area contributed by atoms with Crippen LogP contribution in [0.1, 0.15) is 49.3 Å². The number of carbonyl (C=O) groups is 1. The highest BCUT2D eigenvalue weighted by molar-refractivity contribution is 7.89. The number of carbonyl (C=O) groups excluding carboxylic acids is 1. The van der Waals surface area contributed by atoms with Crippen LogP contribution in [0.3, 0.4) is 0 Å². The van der Waals surface area contributed by atoms with Crippen molar-refractivity contribution in [3.05, 3.63) is 58.1 Å². The summed E-state index contributed by atoms with van der Waals surface area (Å²) < 4.78 is 32.8. The number of esters is 1. The third kappa shape index (κ3) is 5.09. The Kier molecular flexibility index (Phi) is 7.05. The van der Waals surface area contributed by atoms with Gasteiger partial charge in [0.05, 0.1) is 22.4 Å². The molecule has 2 aromatic carbocycles. The first-order valence-corrected chi connectivity index (χ1v) is 12.0. The van der Waals surface area contributed by atoms with Crippen molar-refractivity contribution in [2.45, 2.75) is 44.4 Å². The Morgan fingerprint density at radius 1 is 1.19 bits per heavy atom. The zero-order chi connectivity index (χ0) is 22.8. The second-order valence-corrected chi connectivity index (χ2v) is 10.4. The standard InChI is InChI=1S/C23H25ClN2O4S/c1-15(2)20-13-21(24)16(3)12-22(20)30-23(27)18-8-10-26(11-9-18)31(28,29)19-6-4-17(14-25)5-7-19/h4-7,12-13,15,18H,8-11H2,1-3H3. The molecule has 3 rings (SSSR count). The fourth-order valence-corrected chi connectivity index (χ4v) is 5.23. The SMILES string of the molecule is Cc1cc(OC(=O)C2CCN(S(=O)(=O)c3ccc(C#N)cc3)CC2)c(C(C)C)cc1Cl. The average Bonchev–Trinajstić information content (AvgIpc) is 2.76. The molecule has 1 fully saturated rings. The van der Waals surface area contributed by atoms with Crippen LogP contribution in [0.4, 0.5) is 0 Å². The largest absolute Gasteiger partial charge is 0.426 e. The van der Waals surface area contributed by atoms with E-state index in [1.807, 2.05) is 32.9 Å².